The summed E-state index contributed by atoms with van der Waals surface area (Å²) in [5.41, 5.74) is 1.33. The smallest absolute Gasteiger partial charge is 0.261 e. The molecule has 0 radical (unpaired) electrons. The van der Waals surface area contributed by atoms with E-state index in [-0.39, 0.29) is 16.3 Å². The number of hydrogen-bond donors (Lipinski definition) is 1. The first kappa shape index (κ1) is 19.1. The molecule has 0 bridgehead atoms. The molecule has 0 fully saturated rings. The Kier molecular flexibility index (Phi) is 5.78. The summed E-state index contributed by atoms with van der Waals surface area (Å²) in [6, 6.07) is 10.0. The van der Waals surface area contributed by atoms with Gasteiger partial charge in [0.05, 0.1) is 25.8 Å². The number of hydrogen-bond acceptors (Lipinski definition) is 3. The number of carbonyl (C=O) groups is 1. The molecular formula is C18H12Cl4N2O2. The Morgan fingerprint density at radius 2 is 1.65 bits per heavy atom. The highest BCUT2D eigenvalue weighted by molar-refractivity contribution is 6.44. The predicted molar refractivity (Wildman–Crippen MR) is 106 cm³/mol. The number of nitrogens with zero attached hydrogens (tertiary/aromatic N) is 1. The van der Waals surface area contributed by atoms with Gasteiger partial charge in [0.15, 0.2) is 0 Å². The minimum atomic E-state index is -0.446. The average molecular weight is 430 g/mol. The lowest BCUT2D eigenvalue weighted by molar-refractivity contribution is 0.102. The average Bonchev–Trinajstić information content (AvgIpc) is 3.02. The number of carbonyl (C=O) groups excluding carboxylic acids is 1. The van der Waals surface area contributed by atoms with E-state index in [0.29, 0.717) is 38.5 Å². The zero-order chi connectivity index (χ0) is 18.8. The van der Waals surface area contributed by atoms with Crippen molar-refractivity contribution < 1.29 is 9.32 Å². The second-order valence-electron chi connectivity index (χ2n) is 5.34. The van der Waals surface area contributed by atoms with Crippen LogP contribution >= 0.6 is 46.4 Å². The van der Waals surface area contributed by atoms with E-state index in [4.69, 9.17) is 50.9 Å². The number of halogens is 4. The summed E-state index contributed by atoms with van der Waals surface area (Å²) in [7, 11) is 0. The van der Waals surface area contributed by atoms with Crippen LogP contribution in [0.5, 0.6) is 0 Å². The molecule has 1 amide bonds. The number of benzene rings is 2. The van der Waals surface area contributed by atoms with Crippen molar-refractivity contribution in [1.29, 1.82) is 0 Å². The van der Waals surface area contributed by atoms with Crippen molar-refractivity contribution in [3.05, 3.63) is 67.8 Å². The Bertz CT molecular complexity index is 965. The molecule has 1 aromatic heterocycles. The molecule has 1 N–H and O–H groups in total. The number of anilines is 1. The summed E-state index contributed by atoms with van der Waals surface area (Å²) in [6.07, 6.45) is 0.459. The fourth-order valence-electron chi connectivity index (χ4n) is 2.48. The molecule has 0 aliphatic carbocycles. The van der Waals surface area contributed by atoms with Crippen LogP contribution in [-0.4, -0.2) is 11.1 Å². The van der Waals surface area contributed by atoms with Crippen molar-refractivity contribution in [1.82, 2.24) is 5.16 Å². The van der Waals surface area contributed by atoms with Crippen molar-refractivity contribution in [3.63, 3.8) is 0 Å². The summed E-state index contributed by atoms with van der Waals surface area (Å²) in [4.78, 5) is 12.9. The van der Waals surface area contributed by atoms with Crippen molar-refractivity contribution in [2.75, 3.05) is 5.32 Å². The van der Waals surface area contributed by atoms with Gasteiger partial charge in [-0.1, -0.05) is 70.6 Å². The van der Waals surface area contributed by atoms with Crippen LogP contribution in [0.4, 0.5) is 5.69 Å². The predicted octanol–water partition coefficient (Wildman–Crippen LogP) is 6.77. The summed E-state index contributed by atoms with van der Waals surface area (Å²) in [5.74, 6) is -0.0371. The van der Waals surface area contributed by atoms with Crippen molar-refractivity contribution >= 4 is 58.0 Å². The van der Waals surface area contributed by atoms with E-state index < -0.39 is 5.91 Å². The lowest BCUT2D eigenvalue weighted by Gasteiger charge is -2.10. The molecule has 134 valence electrons. The fourth-order valence-corrected chi connectivity index (χ4v) is 3.40. The Morgan fingerprint density at radius 1 is 1.04 bits per heavy atom. The molecule has 0 spiro atoms. The molecular weight excluding hydrogens is 418 g/mol. The van der Waals surface area contributed by atoms with Gasteiger partial charge in [0.1, 0.15) is 17.0 Å². The molecule has 0 aliphatic heterocycles. The molecule has 3 rings (SSSR count). The zero-order valence-corrected chi connectivity index (χ0v) is 16.5. The normalized spacial score (nSPS) is 10.8. The van der Waals surface area contributed by atoms with Gasteiger partial charge in [-0.15, -0.1) is 0 Å². The summed E-state index contributed by atoms with van der Waals surface area (Å²) in [6.45, 7) is 1.85. The standard InChI is InChI=1S/C18H12Cl4N2O2/c1-2-13-15(18(25)23-12-8-4-7-11(21)16(12)22)17(24-26-13)14-9(19)5-3-6-10(14)20/h3-8H,2H2,1H3,(H,23,25). The summed E-state index contributed by atoms with van der Waals surface area (Å²) >= 11 is 24.7. The molecule has 26 heavy (non-hydrogen) atoms. The second-order valence-corrected chi connectivity index (χ2v) is 6.93. The van der Waals surface area contributed by atoms with Crippen molar-refractivity contribution in [2.45, 2.75) is 13.3 Å². The van der Waals surface area contributed by atoms with Gasteiger partial charge < -0.3 is 9.84 Å². The molecule has 4 nitrogen and oxygen atoms in total. The number of rotatable bonds is 4. The van der Waals surface area contributed by atoms with Crippen LogP contribution in [0.15, 0.2) is 40.9 Å². The molecule has 8 heteroatoms. The van der Waals surface area contributed by atoms with Gasteiger partial charge in [-0.2, -0.15) is 0 Å². The third-order valence-electron chi connectivity index (χ3n) is 3.71. The molecule has 0 aliphatic rings. The molecule has 2 aromatic carbocycles. The second kappa shape index (κ2) is 7.89. The van der Waals surface area contributed by atoms with Gasteiger partial charge in [0.2, 0.25) is 0 Å². The lowest BCUT2D eigenvalue weighted by atomic mass is 10.0. The Morgan fingerprint density at radius 3 is 2.31 bits per heavy atom. The summed E-state index contributed by atoms with van der Waals surface area (Å²) < 4.78 is 5.34. The van der Waals surface area contributed by atoms with Crippen molar-refractivity contribution in [2.24, 2.45) is 0 Å². The highest BCUT2D eigenvalue weighted by Gasteiger charge is 2.26. The van der Waals surface area contributed by atoms with Gasteiger partial charge >= 0.3 is 0 Å². The zero-order valence-electron chi connectivity index (χ0n) is 13.4. The number of amides is 1. The van der Waals surface area contributed by atoms with Gasteiger partial charge in [-0.25, -0.2) is 0 Å². The van der Waals surface area contributed by atoms with Gasteiger partial charge in [-0.3, -0.25) is 4.79 Å². The topological polar surface area (TPSA) is 55.1 Å². The van der Waals surface area contributed by atoms with E-state index in [2.05, 4.69) is 10.5 Å². The van der Waals surface area contributed by atoms with Crippen LogP contribution in [0, 0.1) is 0 Å². The summed E-state index contributed by atoms with van der Waals surface area (Å²) in [5, 5.41) is 8.06. The first-order chi connectivity index (χ1) is 12.4. The number of aromatic nitrogens is 1. The highest BCUT2D eigenvalue weighted by atomic mass is 35.5. The van der Waals surface area contributed by atoms with Crippen LogP contribution in [0.25, 0.3) is 11.3 Å². The first-order valence-electron chi connectivity index (χ1n) is 7.62. The number of aryl methyl sites for hydroxylation is 1. The third-order valence-corrected chi connectivity index (χ3v) is 5.16. The molecule has 0 saturated heterocycles. The van der Waals surface area contributed by atoms with E-state index in [0.717, 1.165) is 0 Å². The Labute approximate surface area is 170 Å². The van der Waals surface area contributed by atoms with Crippen LogP contribution in [-0.2, 0) is 6.42 Å². The van der Waals surface area contributed by atoms with Crippen LogP contribution in [0.1, 0.15) is 23.0 Å². The van der Waals surface area contributed by atoms with Crippen LogP contribution in [0.2, 0.25) is 20.1 Å². The van der Waals surface area contributed by atoms with E-state index in [1.165, 1.54) is 0 Å². The van der Waals surface area contributed by atoms with E-state index in [1.807, 2.05) is 6.92 Å². The molecule has 0 saturated carbocycles. The molecule has 0 unspecified atom stereocenters. The minimum Gasteiger partial charge on any atom is -0.360 e. The van der Waals surface area contributed by atoms with E-state index >= 15 is 0 Å². The van der Waals surface area contributed by atoms with Crippen molar-refractivity contribution in [3.8, 4) is 11.3 Å². The van der Waals surface area contributed by atoms with E-state index in [9.17, 15) is 4.79 Å². The van der Waals surface area contributed by atoms with Crippen LogP contribution < -0.4 is 5.32 Å². The largest absolute Gasteiger partial charge is 0.360 e. The Balaban J connectivity index is 2.08. The van der Waals surface area contributed by atoms with Gasteiger partial charge in [-0.05, 0) is 24.3 Å². The van der Waals surface area contributed by atoms with Crippen LogP contribution in [0.3, 0.4) is 0 Å². The minimum absolute atomic E-state index is 0.245. The highest BCUT2D eigenvalue weighted by Crippen LogP contribution is 2.38. The Hall–Kier alpha value is -1.72. The SMILES string of the molecule is CCc1onc(-c2c(Cl)cccc2Cl)c1C(=O)Nc1cccc(Cl)c1Cl. The maximum absolute atomic E-state index is 12.9. The molecule has 3 aromatic rings. The maximum atomic E-state index is 12.9. The van der Waals surface area contributed by atoms with E-state index in [1.54, 1.807) is 36.4 Å². The quantitative estimate of drug-likeness (QED) is 0.497. The monoisotopic (exact) mass is 428 g/mol. The maximum Gasteiger partial charge on any atom is 0.261 e. The fraction of sp³-hybridized carbons (Fsp3) is 0.111. The molecule has 0 atom stereocenters. The van der Waals surface area contributed by atoms with Gasteiger partial charge in [0, 0.05) is 12.0 Å². The third kappa shape index (κ3) is 3.55. The first-order valence-corrected chi connectivity index (χ1v) is 9.13. The molecule has 1 heterocycles. The van der Waals surface area contributed by atoms with Gasteiger partial charge in [0.25, 0.3) is 5.91 Å². The lowest BCUT2D eigenvalue weighted by Crippen LogP contribution is -2.14. The number of nitrogens with one attached hydrogen (secondary N) is 1.